The van der Waals surface area contributed by atoms with Gasteiger partial charge >= 0.3 is 0 Å². The van der Waals surface area contributed by atoms with Gasteiger partial charge in [-0.05, 0) is 51.1 Å². The van der Waals surface area contributed by atoms with E-state index in [4.69, 9.17) is 4.74 Å². The van der Waals surface area contributed by atoms with Crippen molar-refractivity contribution in [2.75, 3.05) is 20.2 Å². The molecule has 3 rings (SSSR count). The number of benzene rings is 1. The SMILES string of the molecule is COc1ccc(-c2nccn2C[C@@H](C)O)cc1CN1CCCC1. The van der Waals surface area contributed by atoms with Gasteiger partial charge in [-0.3, -0.25) is 4.90 Å². The third kappa shape index (κ3) is 3.74. The van der Waals surface area contributed by atoms with E-state index < -0.39 is 6.10 Å². The first-order valence-electron chi connectivity index (χ1n) is 8.26. The number of hydrogen-bond acceptors (Lipinski definition) is 4. The van der Waals surface area contributed by atoms with Gasteiger partial charge in [0.2, 0.25) is 0 Å². The van der Waals surface area contributed by atoms with Crippen LogP contribution in [0.15, 0.2) is 30.6 Å². The zero-order valence-corrected chi connectivity index (χ0v) is 13.9. The van der Waals surface area contributed by atoms with Crippen LogP contribution < -0.4 is 4.74 Å². The average molecular weight is 315 g/mol. The Morgan fingerprint density at radius 1 is 1.30 bits per heavy atom. The number of aliphatic hydroxyl groups excluding tert-OH is 1. The summed E-state index contributed by atoms with van der Waals surface area (Å²) >= 11 is 0. The Balaban J connectivity index is 1.89. The Kier molecular flexibility index (Phi) is 4.98. The lowest BCUT2D eigenvalue weighted by atomic mass is 10.1. The number of likely N-dealkylation sites (tertiary alicyclic amines) is 1. The number of aromatic nitrogens is 2. The zero-order chi connectivity index (χ0) is 16.2. The first-order valence-corrected chi connectivity index (χ1v) is 8.26. The summed E-state index contributed by atoms with van der Waals surface area (Å²) in [6.07, 6.45) is 5.85. The molecule has 0 amide bonds. The Morgan fingerprint density at radius 2 is 2.09 bits per heavy atom. The standard InChI is InChI=1S/C18H25N3O2/c1-14(22)12-21-10-7-19-18(21)15-5-6-17(23-2)16(11-15)13-20-8-3-4-9-20/h5-7,10-11,14,22H,3-4,8-9,12-13H2,1-2H3/t14-/m1/s1. The summed E-state index contributed by atoms with van der Waals surface area (Å²) in [5, 5.41) is 9.65. The first-order chi connectivity index (χ1) is 11.2. The fraction of sp³-hybridized carbons (Fsp3) is 0.500. The largest absolute Gasteiger partial charge is 0.496 e. The van der Waals surface area contributed by atoms with Crippen molar-refractivity contribution in [1.82, 2.24) is 14.5 Å². The van der Waals surface area contributed by atoms with Crippen molar-refractivity contribution in [2.24, 2.45) is 0 Å². The van der Waals surface area contributed by atoms with Crippen molar-refractivity contribution < 1.29 is 9.84 Å². The van der Waals surface area contributed by atoms with Crippen molar-refractivity contribution in [3.05, 3.63) is 36.2 Å². The second kappa shape index (κ2) is 7.15. The second-order valence-electron chi connectivity index (χ2n) is 6.26. The van der Waals surface area contributed by atoms with Gasteiger partial charge < -0.3 is 14.4 Å². The number of hydrogen-bond donors (Lipinski definition) is 1. The van der Waals surface area contributed by atoms with Crippen LogP contribution in [0.4, 0.5) is 0 Å². The summed E-state index contributed by atoms with van der Waals surface area (Å²) in [6, 6.07) is 6.22. The van der Waals surface area contributed by atoms with Gasteiger partial charge in [-0.1, -0.05) is 0 Å². The predicted molar refractivity (Wildman–Crippen MR) is 90.4 cm³/mol. The summed E-state index contributed by atoms with van der Waals surface area (Å²) in [5.74, 6) is 1.81. The Labute approximate surface area is 137 Å². The van der Waals surface area contributed by atoms with E-state index in [9.17, 15) is 5.11 Å². The molecule has 0 bridgehead atoms. The van der Waals surface area contributed by atoms with Gasteiger partial charge in [-0.15, -0.1) is 0 Å². The Bertz CT molecular complexity index is 645. The number of ether oxygens (including phenoxy) is 1. The quantitative estimate of drug-likeness (QED) is 0.890. The molecule has 5 heteroatoms. The number of aliphatic hydroxyl groups is 1. The maximum Gasteiger partial charge on any atom is 0.139 e. The minimum Gasteiger partial charge on any atom is -0.496 e. The number of imidazole rings is 1. The highest BCUT2D eigenvalue weighted by Gasteiger charge is 2.16. The number of nitrogens with zero attached hydrogens (tertiary/aromatic N) is 3. The molecule has 1 saturated heterocycles. The van der Waals surface area contributed by atoms with Gasteiger partial charge in [0.1, 0.15) is 11.6 Å². The molecular weight excluding hydrogens is 290 g/mol. The van der Waals surface area contributed by atoms with Gasteiger partial charge in [0.15, 0.2) is 0 Å². The Hall–Kier alpha value is -1.85. The smallest absolute Gasteiger partial charge is 0.139 e. The molecule has 0 saturated carbocycles. The van der Waals surface area contributed by atoms with Crippen LogP contribution in [0.25, 0.3) is 11.4 Å². The third-order valence-electron chi connectivity index (χ3n) is 4.31. The summed E-state index contributed by atoms with van der Waals surface area (Å²) < 4.78 is 7.52. The molecular formula is C18H25N3O2. The monoisotopic (exact) mass is 315 g/mol. The Morgan fingerprint density at radius 3 is 2.78 bits per heavy atom. The summed E-state index contributed by atoms with van der Waals surface area (Å²) in [4.78, 5) is 6.93. The van der Waals surface area contributed by atoms with Gasteiger partial charge in [-0.25, -0.2) is 4.98 Å². The van der Waals surface area contributed by atoms with Crippen LogP contribution in [0.1, 0.15) is 25.3 Å². The second-order valence-corrected chi connectivity index (χ2v) is 6.26. The normalized spacial score (nSPS) is 16.7. The molecule has 0 unspecified atom stereocenters. The molecule has 1 atom stereocenters. The highest BCUT2D eigenvalue weighted by Crippen LogP contribution is 2.28. The highest BCUT2D eigenvalue weighted by molar-refractivity contribution is 5.59. The maximum absolute atomic E-state index is 9.65. The van der Waals surface area contributed by atoms with E-state index in [1.165, 1.54) is 18.4 Å². The maximum atomic E-state index is 9.65. The van der Waals surface area contributed by atoms with Crippen LogP contribution in [0.2, 0.25) is 0 Å². The third-order valence-corrected chi connectivity index (χ3v) is 4.31. The fourth-order valence-electron chi connectivity index (χ4n) is 3.22. The number of rotatable bonds is 6. The number of methoxy groups -OCH3 is 1. The van der Waals surface area contributed by atoms with Crippen LogP contribution in [0.3, 0.4) is 0 Å². The molecule has 5 nitrogen and oxygen atoms in total. The van der Waals surface area contributed by atoms with Crippen molar-refractivity contribution in [3.63, 3.8) is 0 Å². The molecule has 0 aliphatic carbocycles. The van der Waals surface area contributed by atoms with E-state index in [0.29, 0.717) is 6.54 Å². The minimum absolute atomic E-state index is 0.398. The lowest BCUT2D eigenvalue weighted by Crippen LogP contribution is -2.19. The summed E-state index contributed by atoms with van der Waals surface area (Å²) in [7, 11) is 1.72. The van der Waals surface area contributed by atoms with Gasteiger partial charge in [-0.2, -0.15) is 0 Å². The predicted octanol–water partition coefficient (Wildman–Crippen LogP) is 2.54. The molecule has 0 radical (unpaired) electrons. The summed E-state index contributed by atoms with van der Waals surface area (Å²) in [5.41, 5.74) is 2.25. The average Bonchev–Trinajstić information content (AvgIpc) is 3.18. The van der Waals surface area contributed by atoms with E-state index in [0.717, 1.165) is 36.8 Å². The molecule has 124 valence electrons. The van der Waals surface area contributed by atoms with Crippen LogP contribution in [-0.2, 0) is 13.1 Å². The molecule has 1 aromatic carbocycles. The van der Waals surface area contributed by atoms with E-state index in [1.54, 1.807) is 20.2 Å². The van der Waals surface area contributed by atoms with E-state index in [1.807, 2.05) is 22.9 Å². The molecule has 1 fully saturated rings. The fourth-order valence-corrected chi connectivity index (χ4v) is 3.22. The minimum atomic E-state index is -0.398. The van der Waals surface area contributed by atoms with Crippen LogP contribution in [0, 0.1) is 0 Å². The molecule has 2 heterocycles. The van der Waals surface area contributed by atoms with Crippen molar-refractivity contribution in [3.8, 4) is 17.1 Å². The van der Waals surface area contributed by atoms with E-state index >= 15 is 0 Å². The lowest BCUT2D eigenvalue weighted by Gasteiger charge is -2.18. The molecule has 2 aromatic rings. The van der Waals surface area contributed by atoms with Crippen LogP contribution in [-0.4, -0.2) is 45.9 Å². The molecule has 1 aliphatic rings. The van der Waals surface area contributed by atoms with E-state index in [2.05, 4.69) is 16.0 Å². The lowest BCUT2D eigenvalue weighted by molar-refractivity contribution is 0.174. The van der Waals surface area contributed by atoms with Crippen molar-refractivity contribution in [1.29, 1.82) is 0 Å². The molecule has 0 spiro atoms. The topological polar surface area (TPSA) is 50.5 Å². The van der Waals surface area contributed by atoms with Gasteiger partial charge in [0.25, 0.3) is 0 Å². The van der Waals surface area contributed by atoms with Gasteiger partial charge in [0, 0.05) is 36.6 Å². The van der Waals surface area contributed by atoms with Crippen LogP contribution >= 0.6 is 0 Å². The zero-order valence-electron chi connectivity index (χ0n) is 13.9. The summed E-state index contributed by atoms with van der Waals surface area (Å²) in [6.45, 7) is 5.56. The molecule has 1 aromatic heterocycles. The van der Waals surface area contributed by atoms with Crippen molar-refractivity contribution in [2.45, 2.75) is 39.0 Å². The molecule has 23 heavy (non-hydrogen) atoms. The van der Waals surface area contributed by atoms with Gasteiger partial charge in [0.05, 0.1) is 13.2 Å². The van der Waals surface area contributed by atoms with Crippen LogP contribution in [0.5, 0.6) is 5.75 Å². The molecule has 1 aliphatic heterocycles. The first kappa shape index (κ1) is 16.0. The van der Waals surface area contributed by atoms with Crippen molar-refractivity contribution >= 4 is 0 Å². The molecule has 1 N–H and O–H groups in total. The van der Waals surface area contributed by atoms with E-state index in [-0.39, 0.29) is 0 Å². The highest BCUT2D eigenvalue weighted by atomic mass is 16.5.